The fourth-order valence-electron chi connectivity index (χ4n) is 2.38. The van der Waals surface area contributed by atoms with Gasteiger partial charge in [0.25, 0.3) is 10.0 Å². The maximum Gasteiger partial charge on any atom is 0.263 e. The molecule has 0 bridgehead atoms. The molecule has 3 aromatic rings. The third-order valence-electron chi connectivity index (χ3n) is 3.88. The molecule has 3 rings (SSSR count). The highest BCUT2D eigenvalue weighted by molar-refractivity contribution is 7.93. The van der Waals surface area contributed by atoms with Crippen LogP contribution < -0.4 is 15.4 Å². The first-order valence-electron chi connectivity index (χ1n) is 9.16. The molecule has 160 valence electrons. The first-order chi connectivity index (χ1) is 14.9. The lowest BCUT2D eigenvalue weighted by Gasteiger charge is -2.09. The third kappa shape index (κ3) is 6.67. The van der Waals surface area contributed by atoms with Gasteiger partial charge >= 0.3 is 0 Å². The predicted octanol–water partition coefficient (Wildman–Crippen LogP) is 3.43. The van der Waals surface area contributed by atoms with Gasteiger partial charge in [-0.05, 0) is 54.5 Å². The van der Waals surface area contributed by atoms with Crippen molar-refractivity contribution in [2.45, 2.75) is 18.2 Å². The summed E-state index contributed by atoms with van der Waals surface area (Å²) in [7, 11) is -3.79. The second-order valence-electron chi connectivity index (χ2n) is 6.17. The van der Waals surface area contributed by atoms with E-state index < -0.39 is 10.0 Å². The minimum absolute atomic E-state index is 0.0621. The molecule has 2 aromatic carbocycles. The van der Waals surface area contributed by atoms with Crippen molar-refractivity contribution in [3.63, 3.8) is 0 Å². The molecule has 0 saturated carbocycles. The first kappa shape index (κ1) is 22.5. The van der Waals surface area contributed by atoms with Crippen molar-refractivity contribution in [2.75, 3.05) is 10.0 Å². The van der Waals surface area contributed by atoms with Crippen LogP contribution in [0.2, 0.25) is 0 Å². The predicted molar refractivity (Wildman–Crippen MR) is 126 cm³/mol. The van der Waals surface area contributed by atoms with Crippen LogP contribution in [0.3, 0.4) is 0 Å². The summed E-state index contributed by atoms with van der Waals surface area (Å²) in [6.45, 7) is 1.91. The van der Waals surface area contributed by atoms with Gasteiger partial charge in [0.05, 0.1) is 4.90 Å². The molecule has 0 spiro atoms. The fraction of sp³-hybridized carbons (Fsp3) is 0.100. The quantitative estimate of drug-likeness (QED) is 0.356. The van der Waals surface area contributed by atoms with Crippen LogP contribution in [0.25, 0.3) is 6.08 Å². The Kier molecular flexibility index (Phi) is 7.45. The summed E-state index contributed by atoms with van der Waals surface area (Å²) in [5, 5.41) is 14.1. The first-order valence-corrected chi connectivity index (χ1v) is 11.9. The Bertz CT molecular complexity index is 1190. The Balaban J connectivity index is 1.56. The smallest absolute Gasteiger partial charge is 0.263 e. The molecule has 3 N–H and O–H groups in total. The molecule has 0 fully saturated rings. The zero-order chi connectivity index (χ0) is 22.3. The molecule has 0 aliphatic carbocycles. The van der Waals surface area contributed by atoms with E-state index in [1.807, 2.05) is 37.3 Å². The molecule has 0 aliphatic rings. The van der Waals surface area contributed by atoms with Crippen LogP contribution in [0.5, 0.6) is 0 Å². The lowest BCUT2D eigenvalue weighted by atomic mass is 10.2. The number of sulfonamides is 1. The Morgan fingerprint density at radius 1 is 1.10 bits per heavy atom. The van der Waals surface area contributed by atoms with Crippen molar-refractivity contribution < 1.29 is 13.2 Å². The van der Waals surface area contributed by atoms with Gasteiger partial charge in [0, 0.05) is 11.8 Å². The van der Waals surface area contributed by atoms with E-state index in [1.165, 1.54) is 29.5 Å². The average molecular weight is 474 g/mol. The van der Waals surface area contributed by atoms with Gasteiger partial charge in [-0.15, -0.1) is 10.2 Å². The summed E-state index contributed by atoms with van der Waals surface area (Å²) in [4.78, 5) is 12.0. The number of benzene rings is 2. The van der Waals surface area contributed by atoms with E-state index in [2.05, 4.69) is 25.6 Å². The third-order valence-corrected chi connectivity index (χ3v) is 6.55. The van der Waals surface area contributed by atoms with E-state index in [4.69, 9.17) is 12.2 Å². The van der Waals surface area contributed by atoms with E-state index in [1.54, 1.807) is 18.2 Å². The summed E-state index contributed by atoms with van der Waals surface area (Å²) in [5.74, 6) is -0.381. The molecule has 0 atom stereocenters. The van der Waals surface area contributed by atoms with Gasteiger partial charge in [-0.1, -0.05) is 48.6 Å². The number of anilines is 2. The van der Waals surface area contributed by atoms with Gasteiger partial charge < -0.3 is 5.32 Å². The van der Waals surface area contributed by atoms with Crippen molar-refractivity contribution in [1.82, 2.24) is 15.5 Å². The van der Waals surface area contributed by atoms with Gasteiger partial charge in [-0.25, -0.2) is 8.42 Å². The van der Waals surface area contributed by atoms with E-state index in [9.17, 15) is 13.2 Å². The molecule has 11 heteroatoms. The topological polar surface area (TPSA) is 113 Å². The molecule has 1 aromatic heterocycles. The molecule has 31 heavy (non-hydrogen) atoms. The highest BCUT2D eigenvalue weighted by Crippen LogP contribution is 2.21. The summed E-state index contributed by atoms with van der Waals surface area (Å²) in [6.07, 6.45) is 3.73. The van der Waals surface area contributed by atoms with E-state index >= 15 is 0 Å². The van der Waals surface area contributed by atoms with Gasteiger partial charge in [0.15, 0.2) is 5.11 Å². The molecular weight excluding hydrogens is 454 g/mol. The number of hydrogen-bond acceptors (Lipinski definition) is 7. The van der Waals surface area contributed by atoms with Crippen LogP contribution in [0, 0.1) is 0 Å². The van der Waals surface area contributed by atoms with Gasteiger partial charge in [-0.3, -0.25) is 14.8 Å². The second kappa shape index (κ2) is 10.2. The number of aromatic nitrogens is 2. The minimum Gasteiger partial charge on any atom is -0.332 e. The number of nitrogens with one attached hydrogen (secondary N) is 3. The summed E-state index contributed by atoms with van der Waals surface area (Å²) in [5.41, 5.74) is 1.42. The van der Waals surface area contributed by atoms with Crippen LogP contribution in [0.15, 0.2) is 65.6 Å². The SMILES string of the molecule is CCc1nnc(NS(=O)(=O)c2ccc(NC(=S)NC(=O)/C=C/c3ccccc3)cc2)s1. The highest BCUT2D eigenvalue weighted by Gasteiger charge is 2.16. The molecule has 0 saturated heterocycles. The van der Waals surface area contributed by atoms with Gasteiger partial charge in [0.2, 0.25) is 11.0 Å². The number of aryl methyl sites for hydroxylation is 1. The maximum absolute atomic E-state index is 12.5. The van der Waals surface area contributed by atoms with Crippen molar-refractivity contribution in [3.05, 3.63) is 71.2 Å². The Morgan fingerprint density at radius 3 is 2.45 bits per heavy atom. The van der Waals surface area contributed by atoms with E-state index in [0.29, 0.717) is 12.1 Å². The summed E-state index contributed by atoms with van der Waals surface area (Å²) in [6, 6.07) is 15.3. The van der Waals surface area contributed by atoms with Gasteiger partial charge in [0.1, 0.15) is 5.01 Å². The number of amides is 1. The molecule has 8 nitrogen and oxygen atoms in total. The van der Waals surface area contributed by atoms with Crippen LogP contribution in [0.1, 0.15) is 17.5 Å². The number of rotatable bonds is 7. The molecule has 1 heterocycles. The number of carbonyl (C=O) groups excluding carboxylic acids is 1. The van der Waals surface area contributed by atoms with Crippen molar-refractivity contribution in [2.24, 2.45) is 0 Å². The normalized spacial score (nSPS) is 11.3. The van der Waals surface area contributed by atoms with Crippen LogP contribution in [0.4, 0.5) is 10.8 Å². The van der Waals surface area contributed by atoms with E-state index in [-0.39, 0.29) is 21.0 Å². The molecule has 0 unspecified atom stereocenters. The maximum atomic E-state index is 12.5. The molecule has 1 amide bonds. The van der Waals surface area contributed by atoms with Crippen molar-refractivity contribution in [1.29, 1.82) is 0 Å². The summed E-state index contributed by atoms with van der Waals surface area (Å²) < 4.78 is 27.4. The van der Waals surface area contributed by atoms with E-state index in [0.717, 1.165) is 10.6 Å². The molecule has 0 radical (unpaired) electrons. The highest BCUT2D eigenvalue weighted by atomic mass is 32.2. The molecule has 0 aliphatic heterocycles. The second-order valence-corrected chi connectivity index (χ2v) is 9.32. The molecular formula is C20H19N5O3S3. The zero-order valence-corrected chi connectivity index (χ0v) is 18.9. The summed E-state index contributed by atoms with van der Waals surface area (Å²) >= 11 is 6.32. The van der Waals surface area contributed by atoms with Crippen LogP contribution in [-0.4, -0.2) is 29.6 Å². The van der Waals surface area contributed by atoms with Crippen LogP contribution in [-0.2, 0) is 21.2 Å². The standard InChI is InChI=1S/C20H19N5O3S3/c1-2-18-23-24-20(30-18)25-31(27,28)16-11-9-15(10-12-16)21-19(29)22-17(26)13-8-14-6-4-3-5-7-14/h3-13H,2H2,1H3,(H,24,25)(H2,21,22,26,29)/b13-8+. The zero-order valence-electron chi connectivity index (χ0n) is 16.4. The van der Waals surface area contributed by atoms with Crippen molar-refractivity contribution >= 4 is 61.5 Å². The van der Waals surface area contributed by atoms with Gasteiger partial charge in [-0.2, -0.15) is 0 Å². The lowest BCUT2D eigenvalue weighted by Crippen LogP contribution is -2.32. The number of thiocarbonyl (C=S) groups is 1. The lowest BCUT2D eigenvalue weighted by molar-refractivity contribution is -0.115. The largest absolute Gasteiger partial charge is 0.332 e. The Morgan fingerprint density at radius 2 is 1.81 bits per heavy atom. The Labute approximate surface area is 189 Å². The number of nitrogens with zero attached hydrogens (tertiary/aromatic N) is 2. The van der Waals surface area contributed by atoms with Crippen molar-refractivity contribution in [3.8, 4) is 0 Å². The number of hydrogen-bond donors (Lipinski definition) is 3. The average Bonchev–Trinajstić information content (AvgIpc) is 3.20. The minimum atomic E-state index is -3.79. The monoisotopic (exact) mass is 473 g/mol. The van der Waals surface area contributed by atoms with Crippen LogP contribution >= 0.6 is 23.6 Å². The number of carbonyl (C=O) groups is 1. The fourth-order valence-corrected chi connectivity index (χ4v) is 4.51. The Hall–Kier alpha value is -3.15.